The zero-order chi connectivity index (χ0) is 22.9. The van der Waals surface area contributed by atoms with Crippen LogP contribution >= 0.6 is 11.6 Å². The number of nitrogens with zero attached hydrogens (tertiary/aromatic N) is 1. The Balaban J connectivity index is 1.76. The van der Waals surface area contributed by atoms with E-state index in [0.29, 0.717) is 42.4 Å². The van der Waals surface area contributed by atoms with Crippen LogP contribution in [0.4, 0.5) is 23.2 Å². The van der Waals surface area contributed by atoms with E-state index in [0.717, 1.165) is 17.2 Å². The Morgan fingerprint density at radius 1 is 1.19 bits per heavy atom. The Bertz CT molecular complexity index is 1020. The number of rotatable bonds is 4. The van der Waals surface area contributed by atoms with E-state index < -0.39 is 23.5 Å². The molecule has 0 unspecified atom stereocenters. The van der Waals surface area contributed by atoms with E-state index in [2.05, 4.69) is 5.32 Å². The van der Waals surface area contributed by atoms with Gasteiger partial charge in [-0.25, -0.2) is 4.39 Å². The predicted octanol–water partition coefficient (Wildman–Crippen LogP) is 5.22. The summed E-state index contributed by atoms with van der Waals surface area (Å²) >= 11 is 6.27. The SMILES string of the molecule is CC(C)C(=O)N1CCc2c(ccc(Cl)c2NC(=O)Cc2ccc(C(F)(F)F)c(F)c2)C1. The van der Waals surface area contributed by atoms with Crippen molar-refractivity contribution in [3.8, 4) is 0 Å². The quantitative estimate of drug-likeness (QED) is 0.641. The highest BCUT2D eigenvalue weighted by Gasteiger charge is 2.34. The van der Waals surface area contributed by atoms with E-state index in [4.69, 9.17) is 11.6 Å². The number of nitrogens with one attached hydrogen (secondary N) is 1. The molecule has 0 fully saturated rings. The number of carbonyl (C=O) groups excluding carboxylic acids is 2. The van der Waals surface area contributed by atoms with Crippen molar-refractivity contribution in [2.24, 2.45) is 5.92 Å². The number of fused-ring (bicyclic) bond motifs is 1. The van der Waals surface area contributed by atoms with Crippen LogP contribution in [0.15, 0.2) is 30.3 Å². The minimum atomic E-state index is -4.80. The van der Waals surface area contributed by atoms with E-state index in [1.165, 1.54) is 0 Å². The molecule has 2 amide bonds. The molecule has 166 valence electrons. The number of hydrogen-bond donors (Lipinski definition) is 1. The summed E-state index contributed by atoms with van der Waals surface area (Å²) in [6.07, 6.45) is -4.61. The first-order chi connectivity index (χ1) is 14.5. The van der Waals surface area contributed by atoms with Crippen LogP contribution in [0.1, 0.15) is 36.1 Å². The summed E-state index contributed by atoms with van der Waals surface area (Å²) < 4.78 is 51.9. The van der Waals surface area contributed by atoms with Gasteiger partial charge in [0, 0.05) is 19.0 Å². The molecule has 4 nitrogen and oxygen atoms in total. The molecule has 0 saturated carbocycles. The molecule has 0 bridgehead atoms. The summed E-state index contributed by atoms with van der Waals surface area (Å²) in [6.45, 7) is 4.54. The third-order valence-corrected chi connectivity index (χ3v) is 5.44. The van der Waals surface area contributed by atoms with Crippen molar-refractivity contribution >= 4 is 29.1 Å². The lowest BCUT2D eigenvalue weighted by molar-refractivity contribution is -0.140. The van der Waals surface area contributed by atoms with Gasteiger partial charge in [0.25, 0.3) is 0 Å². The van der Waals surface area contributed by atoms with Gasteiger partial charge in [-0.05, 0) is 41.3 Å². The molecule has 0 saturated heterocycles. The molecule has 9 heteroatoms. The summed E-state index contributed by atoms with van der Waals surface area (Å²) in [6, 6.07) is 5.83. The van der Waals surface area contributed by atoms with Gasteiger partial charge in [0.05, 0.1) is 22.7 Å². The van der Waals surface area contributed by atoms with Crippen LogP contribution < -0.4 is 5.32 Å². The minimum absolute atomic E-state index is 0.0375. The monoisotopic (exact) mass is 456 g/mol. The summed E-state index contributed by atoms with van der Waals surface area (Å²) in [7, 11) is 0. The van der Waals surface area contributed by atoms with Crippen molar-refractivity contribution in [3.05, 3.63) is 63.4 Å². The molecule has 0 atom stereocenters. The van der Waals surface area contributed by atoms with Crippen molar-refractivity contribution in [1.82, 2.24) is 4.90 Å². The Labute approximate surface area is 182 Å². The van der Waals surface area contributed by atoms with Gasteiger partial charge in [-0.3, -0.25) is 9.59 Å². The second-order valence-electron chi connectivity index (χ2n) is 7.76. The molecule has 1 aliphatic rings. The Morgan fingerprint density at radius 3 is 2.52 bits per heavy atom. The fraction of sp³-hybridized carbons (Fsp3) is 0.364. The van der Waals surface area contributed by atoms with Crippen LogP contribution in [0, 0.1) is 11.7 Å². The van der Waals surface area contributed by atoms with Gasteiger partial charge < -0.3 is 10.2 Å². The normalized spacial score (nSPS) is 13.9. The molecule has 0 aliphatic carbocycles. The second kappa shape index (κ2) is 8.86. The number of benzene rings is 2. The zero-order valence-electron chi connectivity index (χ0n) is 16.9. The molecule has 1 heterocycles. The first kappa shape index (κ1) is 23.1. The molecule has 31 heavy (non-hydrogen) atoms. The predicted molar refractivity (Wildman–Crippen MR) is 109 cm³/mol. The van der Waals surface area contributed by atoms with Crippen molar-refractivity contribution in [2.45, 2.75) is 39.4 Å². The average molecular weight is 457 g/mol. The smallest absolute Gasteiger partial charge is 0.338 e. The lowest BCUT2D eigenvalue weighted by Gasteiger charge is -2.31. The zero-order valence-corrected chi connectivity index (χ0v) is 17.7. The first-order valence-corrected chi connectivity index (χ1v) is 10.1. The molecule has 1 N–H and O–H groups in total. The molecule has 0 spiro atoms. The van der Waals surface area contributed by atoms with Gasteiger partial charge in [0.15, 0.2) is 0 Å². The van der Waals surface area contributed by atoms with Crippen LogP contribution in [0.2, 0.25) is 5.02 Å². The van der Waals surface area contributed by atoms with Crippen molar-refractivity contribution < 1.29 is 27.2 Å². The third-order valence-electron chi connectivity index (χ3n) is 5.13. The lowest BCUT2D eigenvalue weighted by atomic mass is 9.96. The summed E-state index contributed by atoms with van der Waals surface area (Å²) in [5.41, 5.74) is 0.816. The second-order valence-corrected chi connectivity index (χ2v) is 8.17. The third kappa shape index (κ3) is 5.18. The number of hydrogen-bond acceptors (Lipinski definition) is 2. The van der Waals surface area contributed by atoms with Crippen molar-refractivity contribution in [3.63, 3.8) is 0 Å². The van der Waals surface area contributed by atoms with Gasteiger partial charge in [-0.15, -0.1) is 0 Å². The van der Waals surface area contributed by atoms with Crippen LogP contribution in [-0.2, 0) is 35.2 Å². The standard InChI is InChI=1S/C22H21ClF4N2O2/c1-12(2)21(31)29-8-7-15-14(11-29)4-6-17(23)20(15)28-19(30)10-13-3-5-16(18(24)9-13)22(25,26)27/h3-6,9,12H,7-8,10-11H2,1-2H3,(H,28,30). The van der Waals surface area contributed by atoms with Crippen LogP contribution in [0.5, 0.6) is 0 Å². The van der Waals surface area contributed by atoms with E-state index in [1.807, 2.05) is 13.8 Å². The maximum atomic E-state index is 13.8. The number of halogens is 5. The molecule has 3 rings (SSSR count). The highest BCUT2D eigenvalue weighted by Crippen LogP contribution is 2.34. The molecule has 2 aromatic carbocycles. The minimum Gasteiger partial charge on any atom is -0.338 e. The molecule has 1 aliphatic heterocycles. The van der Waals surface area contributed by atoms with Crippen LogP contribution in [0.3, 0.4) is 0 Å². The molecular weight excluding hydrogens is 436 g/mol. The van der Waals surface area contributed by atoms with Crippen molar-refractivity contribution in [2.75, 3.05) is 11.9 Å². The summed E-state index contributed by atoms with van der Waals surface area (Å²) in [5.74, 6) is -2.05. The topological polar surface area (TPSA) is 49.4 Å². The average Bonchev–Trinajstić information content (AvgIpc) is 2.68. The molecule has 0 radical (unpaired) electrons. The largest absolute Gasteiger partial charge is 0.419 e. The van der Waals surface area contributed by atoms with E-state index >= 15 is 0 Å². The Kier molecular flexibility index (Phi) is 6.59. The maximum Gasteiger partial charge on any atom is 0.419 e. The van der Waals surface area contributed by atoms with Crippen LogP contribution in [0.25, 0.3) is 0 Å². The fourth-order valence-electron chi connectivity index (χ4n) is 3.58. The van der Waals surface area contributed by atoms with Gasteiger partial charge in [0.2, 0.25) is 11.8 Å². The number of anilines is 1. The molecule has 0 aromatic heterocycles. The van der Waals surface area contributed by atoms with Gasteiger partial charge in [-0.1, -0.05) is 37.6 Å². The van der Waals surface area contributed by atoms with Gasteiger partial charge in [0.1, 0.15) is 5.82 Å². The first-order valence-electron chi connectivity index (χ1n) is 9.72. The fourth-order valence-corrected chi connectivity index (χ4v) is 3.81. The van der Waals surface area contributed by atoms with Gasteiger partial charge in [-0.2, -0.15) is 13.2 Å². The summed E-state index contributed by atoms with van der Waals surface area (Å²) in [4.78, 5) is 26.5. The van der Waals surface area contributed by atoms with Crippen molar-refractivity contribution in [1.29, 1.82) is 0 Å². The maximum absolute atomic E-state index is 13.8. The summed E-state index contributed by atoms with van der Waals surface area (Å²) in [5, 5.41) is 3.01. The van der Waals surface area contributed by atoms with E-state index in [-0.39, 0.29) is 23.8 Å². The van der Waals surface area contributed by atoms with Crippen LogP contribution in [-0.4, -0.2) is 23.3 Å². The Morgan fingerprint density at radius 2 is 1.90 bits per heavy atom. The highest BCUT2D eigenvalue weighted by molar-refractivity contribution is 6.34. The number of amides is 2. The van der Waals surface area contributed by atoms with E-state index in [9.17, 15) is 27.2 Å². The number of carbonyl (C=O) groups is 2. The lowest BCUT2D eigenvalue weighted by Crippen LogP contribution is -2.38. The van der Waals surface area contributed by atoms with E-state index in [1.54, 1.807) is 17.0 Å². The number of alkyl halides is 3. The molecular formula is C22H21ClF4N2O2. The highest BCUT2D eigenvalue weighted by atomic mass is 35.5. The van der Waals surface area contributed by atoms with Gasteiger partial charge >= 0.3 is 6.18 Å². The molecule has 2 aromatic rings. The Hall–Kier alpha value is -2.61.